The van der Waals surface area contributed by atoms with Gasteiger partial charge in [-0.1, -0.05) is 113 Å². The summed E-state index contributed by atoms with van der Waals surface area (Å²) < 4.78 is 11.5. The molecule has 0 aromatic carbocycles. The molecule has 6 amide bonds. The Kier molecular flexibility index (Phi) is 29.9. The van der Waals surface area contributed by atoms with E-state index >= 15 is 0 Å². The molecule has 348 valence electrons. The summed E-state index contributed by atoms with van der Waals surface area (Å²) in [4.78, 5) is 91.3. The number of ether oxygens (including phenoxy) is 2. The molecule has 6 atom stereocenters. The molecule has 0 aliphatic rings. The summed E-state index contributed by atoms with van der Waals surface area (Å²) in [6.45, 7) is 14.8. The zero-order chi connectivity index (χ0) is 45.8. The number of amides is 6. The largest absolute Gasteiger partial charge is 0.480 e. The highest BCUT2D eigenvalue weighted by Gasteiger charge is 2.35. The molecule has 0 fully saturated rings. The van der Waals surface area contributed by atoms with Crippen molar-refractivity contribution in [3.8, 4) is 0 Å². The van der Waals surface area contributed by atoms with E-state index in [1.54, 1.807) is 20.8 Å². The number of carbonyl (C=O) groups is 7. The molecule has 0 aromatic heterocycles. The smallest absolute Gasteiger partial charge is 0.326 e. The van der Waals surface area contributed by atoms with E-state index in [0.717, 1.165) is 24.2 Å². The molecule has 0 aliphatic carbocycles. The first-order valence-electron chi connectivity index (χ1n) is 21.9. The number of likely N-dealkylation sites (N-methyl/N-ethyl adjacent to an activating group) is 1. The maximum absolute atomic E-state index is 13.5. The lowest BCUT2D eigenvalue weighted by Crippen LogP contribution is -2.62. The number of carboxylic acid groups (broad SMARTS) is 1. The lowest BCUT2D eigenvalue weighted by molar-refractivity contribution is -0.146. The monoisotopic (exact) mass is 857 g/mol. The predicted octanol–water partition coefficient (Wildman–Crippen LogP) is 2.27. The Balaban J connectivity index is 5.41. The third-order valence-electron chi connectivity index (χ3n) is 9.51. The van der Waals surface area contributed by atoms with Gasteiger partial charge in [0, 0.05) is 26.7 Å². The predicted molar refractivity (Wildman–Crippen MR) is 230 cm³/mol. The van der Waals surface area contributed by atoms with Crippen LogP contribution in [0.1, 0.15) is 139 Å². The van der Waals surface area contributed by atoms with Gasteiger partial charge in [0.2, 0.25) is 23.6 Å². The van der Waals surface area contributed by atoms with Gasteiger partial charge in [0.25, 0.3) is 11.8 Å². The summed E-state index contributed by atoms with van der Waals surface area (Å²) in [6, 6.07) is -3.70. The van der Waals surface area contributed by atoms with Crippen LogP contribution in [0, 0.1) is 17.8 Å². The number of aliphatic carboxylic acids is 1. The second-order valence-corrected chi connectivity index (χ2v) is 16.9. The van der Waals surface area contributed by atoms with Gasteiger partial charge in [-0.15, -0.1) is 0 Å². The van der Waals surface area contributed by atoms with Crippen molar-refractivity contribution in [3.05, 3.63) is 0 Å². The first-order valence-corrected chi connectivity index (χ1v) is 21.9. The highest BCUT2D eigenvalue weighted by atomic mass is 16.5. The minimum Gasteiger partial charge on any atom is -0.480 e. The molecule has 0 spiro atoms. The molecule has 0 rings (SSSR count). The molecule has 60 heavy (non-hydrogen) atoms. The number of hydrogen-bond acceptors (Lipinski definition) is 11. The van der Waals surface area contributed by atoms with E-state index in [2.05, 4.69) is 33.5 Å². The fraction of sp³-hybridized carbons (Fsp3) is 0.833. The van der Waals surface area contributed by atoms with Crippen molar-refractivity contribution >= 4 is 41.4 Å². The average molecular weight is 857 g/mol. The van der Waals surface area contributed by atoms with Crippen LogP contribution in [0.4, 0.5) is 0 Å². The van der Waals surface area contributed by atoms with E-state index in [-0.39, 0.29) is 49.7 Å². The van der Waals surface area contributed by atoms with Crippen molar-refractivity contribution in [2.24, 2.45) is 29.2 Å². The van der Waals surface area contributed by atoms with Crippen LogP contribution < -0.4 is 38.1 Å². The highest BCUT2D eigenvalue weighted by Crippen LogP contribution is 2.13. The molecule has 0 saturated carbocycles. The first kappa shape index (κ1) is 56.1. The molecule has 0 bridgehead atoms. The molecule has 18 nitrogen and oxygen atoms in total. The third kappa shape index (κ3) is 25.7. The molecule has 0 saturated heterocycles. The van der Waals surface area contributed by atoms with Gasteiger partial charge in [-0.3, -0.25) is 28.8 Å². The van der Waals surface area contributed by atoms with Crippen molar-refractivity contribution < 1.29 is 48.1 Å². The molecular weight excluding hydrogens is 777 g/mol. The number of rotatable bonds is 34. The number of nitrogens with two attached hydrogens (primary N) is 2. The van der Waals surface area contributed by atoms with E-state index in [9.17, 15) is 38.7 Å². The summed E-state index contributed by atoms with van der Waals surface area (Å²) in [5.74, 6) is -5.64. The molecule has 18 heteroatoms. The van der Waals surface area contributed by atoms with E-state index < -0.39 is 78.6 Å². The third-order valence-corrected chi connectivity index (χ3v) is 9.51. The van der Waals surface area contributed by atoms with E-state index in [1.165, 1.54) is 52.0 Å². The van der Waals surface area contributed by atoms with Crippen LogP contribution in [-0.2, 0) is 43.0 Å². The topological polar surface area (TPSA) is 274 Å². The molecular formula is C42H80N8O10. The van der Waals surface area contributed by atoms with Crippen LogP contribution >= 0.6 is 0 Å². The highest BCUT2D eigenvalue weighted by molar-refractivity contribution is 5.95. The van der Waals surface area contributed by atoms with Gasteiger partial charge >= 0.3 is 5.97 Å². The van der Waals surface area contributed by atoms with Gasteiger partial charge < -0.3 is 57.5 Å². The minimum atomic E-state index is -1.66. The Morgan fingerprint density at radius 3 is 1.63 bits per heavy atom. The van der Waals surface area contributed by atoms with Crippen molar-refractivity contribution in [2.75, 3.05) is 33.4 Å². The quantitative estimate of drug-likeness (QED) is 0.0342. The molecule has 0 aliphatic heterocycles. The minimum absolute atomic E-state index is 0.0564. The zero-order valence-corrected chi connectivity index (χ0v) is 37.9. The Labute approximate surface area is 358 Å². The van der Waals surface area contributed by atoms with Gasteiger partial charge in [0.15, 0.2) is 12.3 Å². The van der Waals surface area contributed by atoms with Crippen LogP contribution in [0.3, 0.4) is 0 Å². The summed E-state index contributed by atoms with van der Waals surface area (Å²) in [7, 11) is 1.30. The van der Waals surface area contributed by atoms with E-state index in [4.69, 9.17) is 20.9 Å². The summed E-state index contributed by atoms with van der Waals surface area (Å²) in [6.07, 6.45) is 8.70. The van der Waals surface area contributed by atoms with E-state index in [1.807, 2.05) is 27.7 Å². The van der Waals surface area contributed by atoms with Gasteiger partial charge in [-0.2, -0.15) is 0 Å². The van der Waals surface area contributed by atoms with Crippen LogP contribution in [0.25, 0.3) is 0 Å². The number of unbranched alkanes of at least 4 members (excludes halogenated alkanes) is 10. The summed E-state index contributed by atoms with van der Waals surface area (Å²) in [5.41, 5.74) is 11.9. The number of hydrogen-bond donors (Lipinski definition) is 8. The van der Waals surface area contributed by atoms with Crippen LogP contribution in [0.5, 0.6) is 0 Å². The van der Waals surface area contributed by atoms with Crippen LogP contribution in [-0.4, -0.2) is 121 Å². The Bertz CT molecular complexity index is 1300. The SMILES string of the molecule is CCCCCCCCCCCCCC(=O)N[C@H](COCC(C)C)C(=O)N[C@H](N)C(=O)NCC(=O)N(C)[C@H](C(=O)N[C@@H](N)C(=O)N[C@@H](CC(C)C)C(=O)O)C(C)OCC(C)C. The second-order valence-electron chi connectivity index (χ2n) is 16.9. The summed E-state index contributed by atoms with van der Waals surface area (Å²) in [5, 5.41) is 21.6. The van der Waals surface area contributed by atoms with Crippen LogP contribution in [0.2, 0.25) is 0 Å². The number of carbonyl (C=O) groups excluding carboxylic acids is 6. The van der Waals surface area contributed by atoms with Gasteiger partial charge in [0.1, 0.15) is 18.1 Å². The molecule has 0 radical (unpaired) electrons. The first-order chi connectivity index (χ1) is 28.2. The number of nitrogens with one attached hydrogen (secondary N) is 5. The lowest BCUT2D eigenvalue weighted by atomic mass is 10.0. The van der Waals surface area contributed by atoms with Crippen molar-refractivity contribution in [3.63, 3.8) is 0 Å². The number of carboxylic acids is 1. The Morgan fingerprint density at radius 1 is 0.600 bits per heavy atom. The molecule has 0 aromatic rings. The number of nitrogens with zero attached hydrogens (tertiary/aromatic N) is 1. The van der Waals surface area contributed by atoms with Crippen molar-refractivity contribution in [2.45, 2.75) is 175 Å². The normalized spacial score (nSPS) is 14.4. The molecule has 10 N–H and O–H groups in total. The molecule has 0 heterocycles. The second kappa shape index (κ2) is 31.9. The zero-order valence-electron chi connectivity index (χ0n) is 37.9. The maximum Gasteiger partial charge on any atom is 0.326 e. The summed E-state index contributed by atoms with van der Waals surface area (Å²) >= 11 is 0. The molecule has 1 unspecified atom stereocenters. The van der Waals surface area contributed by atoms with Gasteiger partial charge in [0.05, 0.1) is 19.3 Å². The maximum atomic E-state index is 13.5. The van der Waals surface area contributed by atoms with Gasteiger partial charge in [-0.05, 0) is 37.5 Å². The van der Waals surface area contributed by atoms with Gasteiger partial charge in [-0.25, -0.2) is 4.79 Å². The average Bonchev–Trinajstić information content (AvgIpc) is 3.16. The Hall–Kier alpha value is -3.87. The fourth-order valence-electron chi connectivity index (χ4n) is 6.09. The van der Waals surface area contributed by atoms with E-state index in [0.29, 0.717) is 13.0 Å². The van der Waals surface area contributed by atoms with Crippen molar-refractivity contribution in [1.82, 2.24) is 31.5 Å². The fourth-order valence-corrected chi connectivity index (χ4v) is 6.09. The Morgan fingerprint density at radius 2 is 1.12 bits per heavy atom. The van der Waals surface area contributed by atoms with Crippen LogP contribution in [0.15, 0.2) is 0 Å². The van der Waals surface area contributed by atoms with Crippen molar-refractivity contribution in [1.29, 1.82) is 0 Å². The lowest BCUT2D eigenvalue weighted by Gasteiger charge is -2.33. The standard InChI is InChI=1S/C42H80N8O10/c1-10-11-12-13-14-15-16-17-18-19-20-21-33(51)46-32(26-59-24-28(4)5)38(53)48-36(43)40(55)45-23-34(52)50(9)35(30(8)60-25-29(6)7)39(54)49-37(44)41(56)47-31(42(57)58)22-27(2)3/h27-32,35-37H,10-26,43-44H2,1-9H3,(H,45,55)(H,46,51)(H,47,56)(H,48,53)(H,49,54)(H,57,58)/t30?,31-,32+,35-,36-,37+/m0/s1.